The third-order valence-electron chi connectivity index (χ3n) is 5.84. The second-order valence-electron chi connectivity index (χ2n) is 8.28. The highest BCUT2D eigenvalue weighted by Crippen LogP contribution is 2.33. The van der Waals surface area contributed by atoms with Crippen molar-refractivity contribution >= 4 is 44.9 Å². The Kier molecular flexibility index (Phi) is 8.03. The van der Waals surface area contributed by atoms with Crippen LogP contribution < -0.4 is 15.8 Å². The van der Waals surface area contributed by atoms with E-state index >= 15 is 0 Å². The SMILES string of the molecule is CN(CCCNC(=O)CCSCc1nc2sc3c(c2c(=O)[nH]1)CCCC3)c1ccccc1F. The van der Waals surface area contributed by atoms with Crippen LogP contribution in [0.1, 0.15) is 41.9 Å². The summed E-state index contributed by atoms with van der Waals surface area (Å²) in [5.74, 6) is 1.67. The van der Waals surface area contributed by atoms with Crippen molar-refractivity contribution in [2.45, 2.75) is 44.3 Å². The Morgan fingerprint density at radius 1 is 1.30 bits per heavy atom. The first-order valence-corrected chi connectivity index (χ1v) is 13.3. The molecule has 0 fully saturated rings. The number of thioether (sulfide) groups is 1. The number of carbonyl (C=O) groups is 1. The topological polar surface area (TPSA) is 78.1 Å². The number of H-pyrrole nitrogens is 1. The molecule has 0 saturated carbocycles. The van der Waals surface area contributed by atoms with Gasteiger partial charge in [-0.05, 0) is 49.8 Å². The lowest BCUT2D eigenvalue weighted by molar-refractivity contribution is -0.120. The lowest BCUT2D eigenvalue weighted by atomic mass is 9.97. The number of aryl methyl sites for hydroxylation is 2. The zero-order valence-electron chi connectivity index (χ0n) is 18.8. The second-order valence-corrected chi connectivity index (χ2v) is 10.5. The van der Waals surface area contributed by atoms with Crippen molar-refractivity contribution in [3.8, 4) is 0 Å². The van der Waals surface area contributed by atoms with Crippen LogP contribution in [0, 0.1) is 5.82 Å². The summed E-state index contributed by atoms with van der Waals surface area (Å²) in [6.07, 6.45) is 5.50. The van der Waals surface area contributed by atoms with Crippen molar-refractivity contribution in [1.29, 1.82) is 0 Å². The van der Waals surface area contributed by atoms with E-state index in [9.17, 15) is 14.0 Å². The zero-order valence-corrected chi connectivity index (χ0v) is 20.4. The number of aromatic amines is 1. The molecule has 0 saturated heterocycles. The summed E-state index contributed by atoms with van der Waals surface area (Å²) >= 11 is 3.25. The van der Waals surface area contributed by atoms with Crippen molar-refractivity contribution in [3.63, 3.8) is 0 Å². The normalized spacial score (nSPS) is 13.2. The average Bonchev–Trinajstić information content (AvgIpc) is 3.18. The third-order valence-corrected chi connectivity index (χ3v) is 8.00. The highest BCUT2D eigenvalue weighted by Gasteiger charge is 2.19. The van der Waals surface area contributed by atoms with Crippen molar-refractivity contribution in [1.82, 2.24) is 15.3 Å². The molecule has 33 heavy (non-hydrogen) atoms. The Hall–Kier alpha value is -2.39. The number of fused-ring (bicyclic) bond motifs is 3. The quantitative estimate of drug-likeness (QED) is 0.417. The van der Waals surface area contributed by atoms with Crippen LogP contribution in [-0.4, -0.2) is 41.8 Å². The smallest absolute Gasteiger partial charge is 0.259 e. The Labute approximate surface area is 201 Å². The molecule has 2 aromatic heterocycles. The van der Waals surface area contributed by atoms with E-state index in [0.717, 1.165) is 35.9 Å². The molecule has 1 amide bonds. The van der Waals surface area contributed by atoms with E-state index in [0.29, 0.717) is 42.5 Å². The van der Waals surface area contributed by atoms with Gasteiger partial charge in [0.05, 0.1) is 16.8 Å². The summed E-state index contributed by atoms with van der Waals surface area (Å²) in [4.78, 5) is 36.3. The first-order valence-electron chi connectivity index (χ1n) is 11.4. The fourth-order valence-corrected chi connectivity index (χ4v) is 6.21. The van der Waals surface area contributed by atoms with Gasteiger partial charge in [-0.3, -0.25) is 9.59 Å². The van der Waals surface area contributed by atoms with Crippen LogP contribution in [0.15, 0.2) is 29.1 Å². The van der Waals surface area contributed by atoms with Crippen molar-refractivity contribution in [2.75, 3.05) is 30.8 Å². The number of carbonyl (C=O) groups excluding carboxylic acids is 1. The molecule has 1 aliphatic carbocycles. The van der Waals surface area contributed by atoms with E-state index in [1.54, 1.807) is 35.2 Å². The Morgan fingerprint density at radius 2 is 2.12 bits per heavy atom. The van der Waals surface area contributed by atoms with Crippen LogP contribution in [0.4, 0.5) is 10.1 Å². The minimum Gasteiger partial charge on any atom is -0.372 e. The number of hydrogen-bond donors (Lipinski definition) is 2. The molecular weight excluding hydrogens is 459 g/mol. The monoisotopic (exact) mass is 488 g/mol. The lowest BCUT2D eigenvalue weighted by Gasteiger charge is -2.19. The highest BCUT2D eigenvalue weighted by molar-refractivity contribution is 7.98. The molecule has 0 unspecified atom stereocenters. The molecule has 0 atom stereocenters. The number of nitrogens with one attached hydrogen (secondary N) is 2. The third kappa shape index (κ3) is 5.95. The van der Waals surface area contributed by atoms with Crippen LogP contribution in [0.5, 0.6) is 0 Å². The summed E-state index contributed by atoms with van der Waals surface area (Å²) in [6, 6.07) is 6.68. The number of halogens is 1. The molecule has 1 aliphatic rings. The van der Waals surface area contributed by atoms with Crippen LogP contribution in [0.2, 0.25) is 0 Å². The summed E-state index contributed by atoms with van der Waals surface area (Å²) in [5.41, 5.74) is 1.73. The Bertz CT molecular complexity index is 1180. The molecular formula is C24H29FN4O2S2. The maximum Gasteiger partial charge on any atom is 0.259 e. The van der Waals surface area contributed by atoms with Crippen molar-refractivity contribution in [3.05, 3.63) is 56.7 Å². The van der Waals surface area contributed by atoms with Gasteiger partial charge >= 0.3 is 0 Å². The number of nitrogens with zero attached hydrogens (tertiary/aromatic N) is 2. The predicted molar refractivity (Wildman–Crippen MR) is 135 cm³/mol. The van der Waals surface area contributed by atoms with Gasteiger partial charge in [-0.15, -0.1) is 11.3 Å². The summed E-state index contributed by atoms with van der Waals surface area (Å²) in [6.45, 7) is 1.21. The van der Waals surface area contributed by atoms with Gasteiger partial charge < -0.3 is 15.2 Å². The van der Waals surface area contributed by atoms with Crippen LogP contribution >= 0.6 is 23.1 Å². The average molecular weight is 489 g/mol. The van der Waals surface area contributed by atoms with E-state index in [1.807, 2.05) is 18.0 Å². The van der Waals surface area contributed by atoms with E-state index in [4.69, 9.17) is 0 Å². The molecule has 6 nitrogen and oxygen atoms in total. The van der Waals surface area contributed by atoms with Gasteiger partial charge in [0.25, 0.3) is 5.56 Å². The fourth-order valence-electron chi connectivity index (χ4n) is 4.12. The fraction of sp³-hybridized carbons (Fsp3) is 0.458. The van der Waals surface area contributed by atoms with Crippen LogP contribution in [0.3, 0.4) is 0 Å². The van der Waals surface area contributed by atoms with Crippen molar-refractivity contribution in [2.24, 2.45) is 0 Å². The number of aromatic nitrogens is 2. The molecule has 0 aliphatic heterocycles. The standard InChI is InChI=1S/C24H29FN4O2S2/c1-29(18-9-4-3-8-17(18)25)13-6-12-26-21(30)11-14-32-15-20-27-23(31)22-16-7-2-5-10-19(16)33-24(22)28-20/h3-4,8-9H,2,5-7,10-15H2,1H3,(H,26,30)(H,27,28,31). The molecule has 0 bridgehead atoms. The maximum atomic E-state index is 13.8. The number of rotatable bonds is 10. The number of para-hydroxylation sites is 1. The van der Waals surface area contributed by atoms with Gasteiger partial charge in [0.15, 0.2) is 0 Å². The maximum absolute atomic E-state index is 13.8. The predicted octanol–water partition coefficient (Wildman–Crippen LogP) is 4.27. The minimum atomic E-state index is -0.241. The van der Waals surface area contributed by atoms with E-state index in [2.05, 4.69) is 15.3 Å². The molecule has 3 aromatic rings. The van der Waals surface area contributed by atoms with Gasteiger partial charge in [-0.25, -0.2) is 9.37 Å². The van der Waals surface area contributed by atoms with Gasteiger partial charge in [-0.1, -0.05) is 12.1 Å². The van der Waals surface area contributed by atoms with Gasteiger partial charge in [0.1, 0.15) is 16.5 Å². The van der Waals surface area contributed by atoms with Crippen LogP contribution in [-0.2, 0) is 23.4 Å². The highest BCUT2D eigenvalue weighted by atomic mass is 32.2. The molecule has 1 aromatic carbocycles. The summed E-state index contributed by atoms with van der Waals surface area (Å²) in [7, 11) is 1.85. The lowest BCUT2D eigenvalue weighted by Crippen LogP contribution is -2.28. The zero-order chi connectivity index (χ0) is 23.2. The molecule has 2 N–H and O–H groups in total. The summed E-state index contributed by atoms with van der Waals surface area (Å²) in [5, 5.41) is 3.70. The molecule has 2 heterocycles. The number of anilines is 1. The molecule has 0 radical (unpaired) electrons. The molecule has 4 rings (SSSR count). The molecule has 176 valence electrons. The van der Waals surface area contributed by atoms with Gasteiger partial charge in [0.2, 0.25) is 5.91 Å². The Morgan fingerprint density at radius 3 is 2.97 bits per heavy atom. The first kappa shape index (κ1) is 23.8. The van der Waals surface area contributed by atoms with E-state index in [1.165, 1.54) is 22.9 Å². The van der Waals surface area contributed by atoms with Crippen LogP contribution in [0.25, 0.3) is 10.2 Å². The summed E-state index contributed by atoms with van der Waals surface area (Å²) < 4.78 is 13.8. The molecule has 0 spiro atoms. The van der Waals surface area contributed by atoms with Gasteiger partial charge in [0, 0.05) is 37.2 Å². The Balaban J connectivity index is 1.16. The largest absolute Gasteiger partial charge is 0.372 e. The number of hydrogen-bond acceptors (Lipinski definition) is 6. The molecule has 9 heteroatoms. The minimum absolute atomic E-state index is 0.00104. The van der Waals surface area contributed by atoms with E-state index < -0.39 is 0 Å². The number of thiophene rings is 1. The van der Waals surface area contributed by atoms with Gasteiger partial charge in [-0.2, -0.15) is 11.8 Å². The number of amides is 1. The second kappa shape index (κ2) is 11.2. The van der Waals surface area contributed by atoms with E-state index in [-0.39, 0.29) is 17.3 Å². The first-order chi connectivity index (χ1) is 16.0. The van der Waals surface area contributed by atoms with Crippen molar-refractivity contribution < 1.29 is 9.18 Å². The number of benzene rings is 1.